The molecule has 1 aromatic heterocycles. The van der Waals surface area contributed by atoms with Crippen molar-refractivity contribution in [2.24, 2.45) is 5.73 Å². The monoisotopic (exact) mass is 325 g/mol. The Balaban J connectivity index is 1.77. The minimum Gasteiger partial charge on any atom is -0.334 e. The van der Waals surface area contributed by atoms with Crippen molar-refractivity contribution in [2.75, 3.05) is 0 Å². The van der Waals surface area contributed by atoms with Gasteiger partial charge in [-0.1, -0.05) is 54.1 Å². The van der Waals surface area contributed by atoms with E-state index >= 15 is 0 Å². The Hall–Kier alpha value is -2.10. The third-order valence-electron chi connectivity index (χ3n) is 4.08. The zero-order valence-corrected chi connectivity index (χ0v) is 13.6. The quantitative estimate of drug-likeness (QED) is 0.729. The number of aromatic nitrogens is 2. The molecule has 0 fully saturated rings. The zero-order chi connectivity index (χ0) is 16.1. The lowest BCUT2D eigenvalue weighted by molar-refractivity contribution is 0.423. The van der Waals surface area contributed by atoms with Crippen molar-refractivity contribution in [1.29, 1.82) is 0 Å². The van der Waals surface area contributed by atoms with E-state index in [0.29, 0.717) is 0 Å². The van der Waals surface area contributed by atoms with Gasteiger partial charge < -0.3 is 10.3 Å². The molecule has 0 radical (unpaired) electrons. The summed E-state index contributed by atoms with van der Waals surface area (Å²) in [6.45, 7) is 0. The SMILES string of the molecule is NC(CC(Cc1ccccc1)n1ccnc1)c1ccc(Cl)cc1. The molecule has 1 heterocycles. The van der Waals surface area contributed by atoms with Gasteiger partial charge in [0, 0.05) is 29.5 Å². The van der Waals surface area contributed by atoms with Crippen LogP contribution in [0.15, 0.2) is 73.3 Å². The summed E-state index contributed by atoms with van der Waals surface area (Å²) in [5.41, 5.74) is 8.83. The normalized spacial score (nSPS) is 13.7. The highest BCUT2D eigenvalue weighted by atomic mass is 35.5. The standard InChI is InChI=1S/C19H20ClN3/c20-17-8-6-16(7-9-17)19(21)13-18(23-11-10-22-14-23)12-15-4-2-1-3-5-15/h1-11,14,18-19H,12-13,21H2. The predicted molar refractivity (Wildman–Crippen MR) is 94.4 cm³/mol. The van der Waals surface area contributed by atoms with Crippen LogP contribution < -0.4 is 5.73 Å². The number of nitrogens with zero attached hydrogens (tertiary/aromatic N) is 2. The summed E-state index contributed by atoms with van der Waals surface area (Å²) < 4.78 is 2.14. The molecule has 0 spiro atoms. The van der Waals surface area contributed by atoms with E-state index in [-0.39, 0.29) is 12.1 Å². The van der Waals surface area contributed by atoms with Crippen molar-refractivity contribution < 1.29 is 0 Å². The van der Waals surface area contributed by atoms with E-state index in [9.17, 15) is 0 Å². The van der Waals surface area contributed by atoms with E-state index in [2.05, 4.69) is 33.8 Å². The minimum absolute atomic E-state index is 0.0385. The summed E-state index contributed by atoms with van der Waals surface area (Å²) in [6.07, 6.45) is 7.45. The summed E-state index contributed by atoms with van der Waals surface area (Å²) in [4.78, 5) is 4.18. The van der Waals surface area contributed by atoms with Gasteiger partial charge in [-0.2, -0.15) is 0 Å². The molecule has 2 aromatic carbocycles. The van der Waals surface area contributed by atoms with Gasteiger partial charge in [-0.15, -0.1) is 0 Å². The van der Waals surface area contributed by atoms with Crippen LogP contribution in [-0.4, -0.2) is 9.55 Å². The van der Waals surface area contributed by atoms with Crippen molar-refractivity contribution in [3.8, 4) is 0 Å². The summed E-state index contributed by atoms with van der Waals surface area (Å²) in [6, 6.07) is 18.5. The second-order valence-corrected chi connectivity index (χ2v) is 6.18. The third kappa shape index (κ3) is 4.21. The first-order valence-electron chi connectivity index (χ1n) is 7.75. The van der Waals surface area contributed by atoms with Crippen LogP contribution in [0.3, 0.4) is 0 Å². The predicted octanol–water partition coefficient (Wildman–Crippen LogP) is 4.41. The van der Waals surface area contributed by atoms with Gasteiger partial charge in [0.2, 0.25) is 0 Å². The van der Waals surface area contributed by atoms with Gasteiger partial charge in [0.15, 0.2) is 0 Å². The lowest BCUT2D eigenvalue weighted by Crippen LogP contribution is -2.19. The Bertz CT molecular complexity index is 708. The highest BCUT2D eigenvalue weighted by Gasteiger charge is 2.17. The second-order valence-electron chi connectivity index (χ2n) is 5.75. The number of rotatable bonds is 6. The highest BCUT2D eigenvalue weighted by molar-refractivity contribution is 6.30. The lowest BCUT2D eigenvalue weighted by atomic mass is 9.95. The first kappa shape index (κ1) is 15.8. The van der Waals surface area contributed by atoms with Gasteiger partial charge in [-0.3, -0.25) is 0 Å². The van der Waals surface area contributed by atoms with E-state index in [1.54, 1.807) is 0 Å². The molecular weight excluding hydrogens is 306 g/mol. The van der Waals surface area contributed by atoms with Gasteiger partial charge in [0.25, 0.3) is 0 Å². The van der Waals surface area contributed by atoms with E-state index in [0.717, 1.165) is 23.4 Å². The number of imidazole rings is 1. The number of benzene rings is 2. The maximum Gasteiger partial charge on any atom is 0.0948 e. The first-order chi connectivity index (χ1) is 11.2. The van der Waals surface area contributed by atoms with Gasteiger partial charge >= 0.3 is 0 Å². The van der Waals surface area contributed by atoms with Crippen LogP contribution in [0.4, 0.5) is 0 Å². The second kappa shape index (κ2) is 7.44. The molecule has 2 N–H and O–H groups in total. The van der Waals surface area contributed by atoms with Gasteiger partial charge in [0.1, 0.15) is 0 Å². The molecule has 0 saturated carbocycles. The molecule has 2 unspecified atom stereocenters. The van der Waals surface area contributed by atoms with Crippen LogP contribution in [0, 0.1) is 0 Å². The molecule has 23 heavy (non-hydrogen) atoms. The van der Waals surface area contributed by atoms with Crippen LogP contribution in [0.25, 0.3) is 0 Å². The molecule has 0 aliphatic heterocycles. The Morgan fingerprint density at radius 1 is 1.04 bits per heavy atom. The number of halogens is 1. The van der Waals surface area contributed by atoms with Crippen molar-refractivity contribution in [1.82, 2.24) is 9.55 Å². The Morgan fingerprint density at radius 2 is 1.78 bits per heavy atom. The minimum atomic E-state index is -0.0385. The van der Waals surface area contributed by atoms with Crippen LogP contribution in [0.2, 0.25) is 5.02 Å². The third-order valence-corrected chi connectivity index (χ3v) is 4.34. The summed E-state index contributed by atoms with van der Waals surface area (Å²) in [5.74, 6) is 0. The smallest absolute Gasteiger partial charge is 0.0948 e. The number of hydrogen-bond donors (Lipinski definition) is 1. The van der Waals surface area contributed by atoms with E-state index in [1.807, 2.05) is 49.1 Å². The Morgan fingerprint density at radius 3 is 2.43 bits per heavy atom. The first-order valence-corrected chi connectivity index (χ1v) is 8.12. The van der Waals surface area contributed by atoms with E-state index < -0.39 is 0 Å². The molecule has 3 nitrogen and oxygen atoms in total. The molecule has 0 saturated heterocycles. The van der Waals surface area contributed by atoms with Crippen LogP contribution >= 0.6 is 11.6 Å². The fraction of sp³-hybridized carbons (Fsp3) is 0.211. The topological polar surface area (TPSA) is 43.8 Å². The lowest BCUT2D eigenvalue weighted by Gasteiger charge is -2.23. The molecule has 118 valence electrons. The molecule has 4 heteroatoms. The number of hydrogen-bond acceptors (Lipinski definition) is 2. The maximum atomic E-state index is 6.43. The van der Waals surface area contributed by atoms with E-state index in [1.165, 1.54) is 5.56 Å². The van der Waals surface area contributed by atoms with Gasteiger partial charge in [-0.05, 0) is 36.1 Å². The largest absolute Gasteiger partial charge is 0.334 e. The van der Waals surface area contributed by atoms with Crippen LogP contribution in [0.1, 0.15) is 29.6 Å². The molecule has 2 atom stereocenters. The zero-order valence-electron chi connectivity index (χ0n) is 12.8. The van der Waals surface area contributed by atoms with Crippen LogP contribution in [0.5, 0.6) is 0 Å². The average molecular weight is 326 g/mol. The highest BCUT2D eigenvalue weighted by Crippen LogP contribution is 2.26. The number of nitrogens with two attached hydrogens (primary N) is 1. The Kier molecular flexibility index (Phi) is 5.11. The average Bonchev–Trinajstić information content (AvgIpc) is 3.10. The van der Waals surface area contributed by atoms with Crippen molar-refractivity contribution in [2.45, 2.75) is 24.9 Å². The maximum absolute atomic E-state index is 6.43. The molecule has 0 aliphatic rings. The van der Waals surface area contributed by atoms with Crippen molar-refractivity contribution in [3.63, 3.8) is 0 Å². The fourth-order valence-electron chi connectivity index (χ4n) is 2.82. The summed E-state index contributed by atoms with van der Waals surface area (Å²) in [5, 5.41) is 0.733. The fourth-order valence-corrected chi connectivity index (χ4v) is 2.95. The molecular formula is C19H20ClN3. The molecule has 0 amide bonds. The van der Waals surface area contributed by atoms with Gasteiger partial charge in [-0.25, -0.2) is 4.98 Å². The summed E-state index contributed by atoms with van der Waals surface area (Å²) in [7, 11) is 0. The van der Waals surface area contributed by atoms with Crippen molar-refractivity contribution in [3.05, 3.63) is 89.5 Å². The van der Waals surface area contributed by atoms with Gasteiger partial charge in [0.05, 0.1) is 6.33 Å². The van der Waals surface area contributed by atoms with E-state index in [4.69, 9.17) is 17.3 Å². The molecule has 0 bridgehead atoms. The summed E-state index contributed by atoms with van der Waals surface area (Å²) >= 11 is 5.96. The van der Waals surface area contributed by atoms with Crippen molar-refractivity contribution >= 4 is 11.6 Å². The Labute approximate surface area is 141 Å². The molecule has 3 rings (SSSR count). The molecule has 3 aromatic rings. The van der Waals surface area contributed by atoms with Crippen LogP contribution in [-0.2, 0) is 6.42 Å². The molecule has 0 aliphatic carbocycles.